The number of methoxy groups -OCH3 is 1. The molecule has 1 atom stereocenters. The molecular formula is C27H30Cl2N4O4S. The topological polar surface area (TPSA) is 87.5 Å². The van der Waals surface area contributed by atoms with Crippen molar-refractivity contribution < 1.29 is 19.0 Å². The highest BCUT2D eigenvalue weighted by Gasteiger charge is 2.36. The summed E-state index contributed by atoms with van der Waals surface area (Å²) in [7, 11) is 1.56. The highest BCUT2D eigenvalue weighted by Crippen LogP contribution is 2.40. The summed E-state index contributed by atoms with van der Waals surface area (Å²) in [6.45, 7) is 7.74. The van der Waals surface area contributed by atoms with Crippen molar-refractivity contribution in [1.29, 1.82) is 0 Å². The van der Waals surface area contributed by atoms with Crippen LogP contribution in [0.1, 0.15) is 51.3 Å². The molecule has 8 nitrogen and oxygen atoms in total. The second kappa shape index (κ2) is 12.3. The van der Waals surface area contributed by atoms with Gasteiger partial charge < -0.3 is 19.5 Å². The smallest absolute Gasteiger partial charge is 0.338 e. The Morgan fingerprint density at radius 1 is 1.18 bits per heavy atom. The number of ether oxygens (including phenoxy) is 3. The molecule has 0 aliphatic carbocycles. The number of aromatic nitrogens is 3. The Kier molecular flexibility index (Phi) is 9.12. The van der Waals surface area contributed by atoms with E-state index in [4.69, 9.17) is 42.5 Å². The quantitative estimate of drug-likeness (QED) is 0.205. The van der Waals surface area contributed by atoms with Gasteiger partial charge in [-0.05, 0) is 57.0 Å². The van der Waals surface area contributed by atoms with Crippen LogP contribution in [0.25, 0.3) is 0 Å². The third-order valence-corrected chi connectivity index (χ3v) is 7.52. The molecule has 0 amide bonds. The number of esters is 1. The summed E-state index contributed by atoms with van der Waals surface area (Å²) < 4.78 is 19.0. The maximum absolute atomic E-state index is 13.3. The highest BCUT2D eigenvalue weighted by molar-refractivity contribution is 7.99. The Hall–Kier alpha value is -2.88. The predicted octanol–water partition coefficient (Wildman–Crippen LogP) is 6.92. The molecule has 1 aromatic heterocycles. The monoisotopic (exact) mass is 576 g/mol. The van der Waals surface area contributed by atoms with E-state index in [9.17, 15) is 4.79 Å². The molecule has 1 N–H and O–H groups in total. The molecule has 2 aromatic carbocycles. The Labute approximate surface area is 236 Å². The number of thioether (sulfide) groups is 1. The SMILES string of the molecule is CCCSc1nc2n(n1)C(c1ccc(OCc3c(Cl)cccc3Cl)c(OC)c1)C(C(=O)OC(C)C)=C(C)N2. The first kappa shape index (κ1) is 28.1. The number of anilines is 1. The van der Waals surface area contributed by atoms with Gasteiger partial charge >= 0.3 is 5.97 Å². The van der Waals surface area contributed by atoms with E-state index in [-0.39, 0.29) is 12.7 Å². The largest absolute Gasteiger partial charge is 0.493 e. The fraction of sp³-hybridized carbons (Fsp3) is 0.370. The van der Waals surface area contributed by atoms with E-state index < -0.39 is 12.0 Å². The third-order valence-electron chi connectivity index (χ3n) is 5.77. The van der Waals surface area contributed by atoms with E-state index in [1.165, 1.54) is 0 Å². The molecule has 11 heteroatoms. The lowest BCUT2D eigenvalue weighted by molar-refractivity contribution is -0.143. The van der Waals surface area contributed by atoms with Crippen molar-refractivity contribution >= 4 is 46.9 Å². The summed E-state index contributed by atoms with van der Waals surface area (Å²) in [5, 5.41) is 9.63. The van der Waals surface area contributed by atoms with Crippen LogP contribution < -0.4 is 14.8 Å². The number of nitrogens with one attached hydrogen (secondary N) is 1. The Morgan fingerprint density at radius 2 is 1.92 bits per heavy atom. The van der Waals surface area contributed by atoms with Crippen molar-refractivity contribution in [3.05, 3.63) is 68.8 Å². The number of carbonyl (C=O) groups is 1. The van der Waals surface area contributed by atoms with Crippen LogP contribution in [0.2, 0.25) is 10.0 Å². The van der Waals surface area contributed by atoms with Gasteiger partial charge in [-0.3, -0.25) is 0 Å². The van der Waals surface area contributed by atoms with Gasteiger partial charge in [0, 0.05) is 27.1 Å². The van der Waals surface area contributed by atoms with Crippen LogP contribution in [0.15, 0.2) is 52.8 Å². The molecular weight excluding hydrogens is 547 g/mol. The number of benzene rings is 2. The molecule has 1 unspecified atom stereocenters. The summed E-state index contributed by atoms with van der Waals surface area (Å²) in [5.74, 6) is 2.01. The lowest BCUT2D eigenvalue weighted by Crippen LogP contribution is -2.30. The Morgan fingerprint density at radius 3 is 2.58 bits per heavy atom. The van der Waals surface area contributed by atoms with Gasteiger partial charge in [0.15, 0.2) is 11.5 Å². The summed E-state index contributed by atoms with van der Waals surface area (Å²) in [6, 6.07) is 10.2. The third kappa shape index (κ3) is 6.06. The van der Waals surface area contributed by atoms with E-state index in [1.807, 2.05) is 32.9 Å². The minimum Gasteiger partial charge on any atom is -0.493 e. The van der Waals surface area contributed by atoms with Crippen LogP contribution in [-0.4, -0.2) is 39.7 Å². The summed E-state index contributed by atoms with van der Waals surface area (Å²) in [4.78, 5) is 17.9. The van der Waals surface area contributed by atoms with Crippen LogP contribution in [0.5, 0.6) is 11.5 Å². The van der Waals surface area contributed by atoms with E-state index in [0.717, 1.165) is 17.7 Å². The number of halogens is 2. The zero-order valence-corrected chi connectivity index (χ0v) is 24.2. The summed E-state index contributed by atoms with van der Waals surface area (Å²) in [5.41, 5.74) is 2.55. The molecule has 2 heterocycles. The average Bonchev–Trinajstić information content (AvgIpc) is 3.28. The van der Waals surface area contributed by atoms with Gasteiger partial charge in [0.1, 0.15) is 12.6 Å². The van der Waals surface area contributed by atoms with Gasteiger partial charge in [-0.2, -0.15) is 4.98 Å². The standard InChI is InChI=1S/C27H30Cl2N4O4S/c1-6-12-38-27-31-26-30-16(4)23(25(34)37-15(2)3)24(33(26)32-27)17-10-11-21(22(13-17)35-5)36-14-18-19(28)8-7-9-20(18)29/h7-11,13,15,24H,6,12,14H2,1-5H3,(H,30,31,32). The second-order valence-corrected chi connectivity index (χ2v) is 10.8. The number of hydrogen-bond donors (Lipinski definition) is 1. The molecule has 3 aromatic rings. The Balaban J connectivity index is 1.72. The van der Waals surface area contributed by atoms with Crippen molar-refractivity contribution in [2.75, 3.05) is 18.2 Å². The molecule has 202 valence electrons. The van der Waals surface area contributed by atoms with Crippen molar-refractivity contribution in [3.8, 4) is 11.5 Å². The van der Waals surface area contributed by atoms with E-state index in [0.29, 0.717) is 49.5 Å². The average molecular weight is 578 g/mol. The molecule has 38 heavy (non-hydrogen) atoms. The van der Waals surface area contributed by atoms with Crippen LogP contribution in [0, 0.1) is 0 Å². The van der Waals surface area contributed by atoms with E-state index in [1.54, 1.807) is 47.8 Å². The maximum atomic E-state index is 13.3. The van der Waals surface area contributed by atoms with Gasteiger partial charge in [-0.1, -0.05) is 54.0 Å². The number of nitrogens with zero attached hydrogens (tertiary/aromatic N) is 3. The minimum atomic E-state index is -0.582. The van der Waals surface area contributed by atoms with Crippen molar-refractivity contribution in [1.82, 2.24) is 14.8 Å². The summed E-state index contributed by atoms with van der Waals surface area (Å²) >= 11 is 14.2. The van der Waals surface area contributed by atoms with Gasteiger partial charge in [-0.15, -0.1) is 5.10 Å². The zero-order chi connectivity index (χ0) is 27.4. The number of hydrogen-bond acceptors (Lipinski definition) is 8. The van der Waals surface area contributed by atoms with Gasteiger partial charge in [0.2, 0.25) is 11.1 Å². The number of allylic oxidation sites excluding steroid dienone is 1. The van der Waals surface area contributed by atoms with E-state index >= 15 is 0 Å². The Bertz CT molecular complexity index is 1340. The number of rotatable bonds is 10. The molecule has 0 saturated heterocycles. The maximum Gasteiger partial charge on any atom is 0.338 e. The van der Waals surface area contributed by atoms with Crippen molar-refractivity contribution in [2.24, 2.45) is 0 Å². The fourth-order valence-corrected chi connectivity index (χ4v) is 5.22. The minimum absolute atomic E-state index is 0.164. The predicted molar refractivity (Wildman–Crippen MR) is 151 cm³/mol. The molecule has 4 rings (SSSR count). The first-order valence-corrected chi connectivity index (χ1v) is 14.0. The zero-order valence-electron chi connectivity index (χ0n) is 21.9. The van der Waals surface area contributed by atoms with Gasteiger partial charge in [0.25, 0.3) is 0 Å². The molecule has 0 fully saturated rings. The normalized spacial score (nSPS) is 14.8. The first-order valence-electron chi connectivity index (χ1n) is 12.2. The van der Waals surface area contributed by atoms with Crippen molar-refractivity contribution in [2.45, 2.75) is 58.0 Å². The molecule has 0 bridgehead atoms. The molecule has 1 aliphatic heterocycles. The van der Waals surface area contributed by atoms with Crippen LogP contribution in [-0.2, 0) is 16.1 Å². The molecule has 0 radical (unpaired) electrons. The van der Waals surface area contributed by atoms with Gasteiger partial charge in [-0.25, -0.2) is 9.48 Å². The first-order chi connectivity index (χ1) is 18.2. The van der Waals surface area contributed by atoms with Gasteiger partial charge in [0.05, 0.1) is 18.8 Å². The molecule has 0 spiro atoms. The number of carbonyl (C=O) groups excluding carboxylic acids is 1. The van der Waals surface area contributed by atoms with Crippen LogP contribution in [0.3, 0.4) is 0 Å². The highest BCUT2D eigenvalue weighted by atomic mass is 35.5. The van der Waals surface area contributed by atoms with Crippen LogP contribution >= 0.6 is 35.0 Å². The lowest BCUT2D eigenvalue weighted by atomic mass is 9.95. The van der Waals surface area contributed by atoms with Crippen molar-refractivity contribution in [3.63, 3.8) is 0 Å². The number of fused-ring (bicyclic) bond motifs is 1. The fourth-order valence-electron chi connectivity index (χ4n) is 4.03. The lowest BCUT2D eigenvalue weighted by Gasteiger charge is -2.29. The molecule has 0 saturated carbocycles. The van der Waals surface area contributed by atoms with E-state index in [2.05, 4.69) is 17.2 Å². The van der Waals surface area contributed by atoms with Crippen LogP contribution in [0.4, 0.5) is 5.95 Å². The second-order valence-electron chi connectivity index (χ2n) is 8.93. The summed E-state index contributed by atoms with van der Waals surface area (Å²) in [6.07, 6.45) is 0.713. The molecule has 1 aliphatic rings.